The summed E-state index contributed by atoms with van der Waals surface area (Å²) in [5.41, 5.74) is 0.946. The van der Waals surface area contributed by atoms with Gasteiger partial charge in [0.2, 0.25) is 0 Å². The number of ketones is 1. The molecule has 0 spiro atoms. The Hall–Kier alpha value is -2.09. The van der Waals surface area contributed by atoms with Gasteiger partial charge in [0.25, 0.3) is 0 Å². The molecule has 0 saturated carbocycles. The van der Waals surface area contributed by atoms with E-state index in [-0.39, 0.29) is 11.5 Å². The first-order valence-corrected chi connectivity index (χ1v) is 4.45. The van der Waals surface area contributed by atoms with Crippen LogP contribution < -0.4 is 0 Å². The lowest BCUT2D eigenvalue weighted by molar-refractivity contribution is -0.110. The number of phenols is 1. The van der Waals surface area contributed by atoms with Gasteiger partial charge in [0.1, 0.15) is 5.75 Å². The average Bonchev–Trinajstić information content (AvgIpc) is 2.26. The summed E-state index contributed by atoms with van der Waals surface area (Å²) in [5.74, 6) is 0.000887. The predicted molar refractivity (Wildman–Crippen MR) is 60.2 cm³/mol. The van der Waals surface area contributed by atoms with Crippen molar-refractivity contribution in [3.05, 3.63) is 60.7 Å². The molecule has 0 heterocycles. The third-order valence-electron chi connectivity index (χ3n) is 1.72. The molecule has 1 rings (SSSR count). The molecule has 1 radical (unpaired) electrons. The molecule has 1 aromatic rings. The van der Waals surface area contributed by atoms with Gasteiger partial charge in [-0.05, 0) is 29.8 Å². The SMILES string of the molecule is [CH]=CC(=O)C=CC=Cc1ccc(O)cc1. The summed E-state index contributed by atoms with van der Waals surface area (Å²) in [5, 5.41) is 9.03. The Kier molecular flexibility index (Phi) is 4.10. The molecule has 0 aliphatic heterocycles. The van der Waals surface area contributed by atoms with Gasteiger partial charge in [0.15, 0.2) is 5.78 Å². The Bertz CT molecular complexity index is 397. The maximum Gasteiger partial charge on any atom is 0.178 e. The standard InChI is InChI=1S/C13H11O2/c1-2-12(14)6-4-3-5-11-7-9-13(15)10-8-11/h1-10,15H. The molecular formula is C13H11O2. The molecular weight excluding hydrogens is 188 g/mol. The van der Waals surface area contributed by atoms with Crippen molar-refractivity contribution in [3.8, 4) is 5.75 Å². The molecule has 0 unspecified atom stereocenters. The lowest BCUT2D eigenvalue weighted by Gasteiger charge is -1.92. The van der Waals surface area contributed by atoms with Gasteiger partial charge in [0, 0.05) is 0 Å². The molecule has 2 nitrogen and oxygen atoms in total. The third-order valence-corrected chi connectivity index (χ3v) is 1.72. The topological polar surface area (TPSA) is 37.3 Å². The highest BCUT2D eigenvalue weighted by Crippen LogP contribution is 2.10. The van der Waals surface area contributed by atoms with Crippen molar-refractivity contribution in [3.63, 3.8) is 0 Å². The second-order valence-corrected chi connectivity index (χ2v) is 2.88. The van der Waals surface area contributed by atoms with E-state index >= 15 is 0 Å². The van der Waals surface area contributed by atoms with Crippen LogP contribution in [0.15, 0.2) is 48.6 Å². The van der Waals surface area contributed by atoms with Gasteiger partial charge in [-0.15, -0.1) is 0 Å². The fraction of sp³-hybridized carbons (Fsp3) is 0. The first-order chi connectivity index (χ1) is 7.22. The second kappa shape index (κ2) is 5.60. The maximum absolute atomic E-state index is 10.7. The molecule has 75 valence electrons. The van der Waals surface area contributed by atoms with Gasteiger partial charge in [-0.25, -0.2) is 0 Å². The Morgan fingerprint density at radius 1 is 1.20 bits per heavy atom. The lowest BCUT2D eigenvalue weighted by Crippen LogP contribution is -1.80. The van der Waals surface area contributed by atoms with E-state index in [1.165, 1.54) is 6.08 Å². The number of allylic oxidation sites excluding steroid dienone is 4. The van der Waals surface area contributed by atoms with Gasteiger partial charge in [-0.1, -0.05) is 36.9 Å². The monoisotopic (exact) mass is 199 g/mol. The summed E-state index contributed by atoms with van der Waals surface area (Å²) in [6, 6.07) is 6.75. The van der Waals surface area contributed by atoms with Crippen LogP contribution in [0.25, 0.3) is 6.08 Å². The van der Waals surface area contributed by atoms with Crippen molar-refractivity contribution >= 4 is 11.9 Å². The highest BCUT2D eigenvalue weighted by molar-refractivity contribution is 5.98. The van der Waals surface area contributed by atoms with Crippen molar-refractivity contribution < 1.29 is 9.90 Å². The van der Waals surface area contributed by atoms with Crippen molar-refractivity contribution in [2.24, 2.45) is 0 Å². The second-order valence-electron chi connectivity index (χ2n) is 2.88. The molecule has 15 heavy (non-hydrogen) atoms. The first-order valence-electron chi connectivity index (χ1n) is 4.45. The van der Waals surface area contributed by atoms with Crippen molar-refractivity contribution in [2.75, 3.05) is 0 Å². The fourth-order valence-corrected chi connectivity index (χ4v) is 0.958. The van der Waals surface area contributed by atoms with Crippen molar-refractivity contribution in [2.45, 2.75) is 0 Å². The van der Waals surface area contributed by atoms with E-state index < -0.39 is 0 Å². The Labute approximate surface area is 88.9 Å². The summed E-state index contributed by atoms with van der Waals surface area (Å²) in [6.45, 7) is 5.00. The van der Waals surface area contributed by atoms with E-state index in [2.05, 4.69) is 0 Å². The number of phenolic OH excluding ortho intramolecular Hbond substituents is 1. The van der Waals surface area contributed by atoms with Crippen LogP contribution in [0, 0.1) is 6.58 Å². The molecule has 0 aliphatic rings. The van der Waals surface area contributed by atoms with Gasteiger partial charge in [0.05, 0.1) is 0 Å². The van der Waals surface area contributed by atoms with Gasteiger partial charge in [-0.3, -0.25) is 4.79 Å². The molecule has 2 heteroatoms. The number of carbonyl (C=O) groups is 1. The summed E-state index contributed by atoms with van der Waals surface area (Å²) in [4.78, 5) is 10.7. The Morgan fingerprint density at radius 2 is 1.87 bits per heavy atom. The van der Waals surface area contributed by atoms with Gasteiger partial charge >= 0.3 is 0 Å². The van der Waals surface area contributed by atoms with E-state index in [0.717, 1.165) is 11.6 Å². The minimum absolute atomic E-state index is 0.231. The molecule has 0 aromatic heterocycles. The van der Waals surface area contributed by atoms with Crippen LogP contribution in [-0.4, -0.2) is 10.9 Å². The first kappa shape index (κ1) is 11.0. The minimum atomic E-state index is -0.231. The number of hydrogen-bond acceptors (Lipinski definition) is 2. The van der Waals surface area contributed by atoms with Gasteiger partial charge < -0.3 is 5.11 Å². The lowest BCUT2D eigenvalue weighted by atomic mass is 10.2. The molecule has 1 N–H and O–H groups in total. The summed E-state index contributed by atoms with van der Waals surface area (Å²) >= 11 is 0. The number of benzene rings is 1. The predicted octanol–water partition coefficient (Wildman–Crippen LogP) is 2.52. The van der Waals surface area contributed by atoms with Gasteiger partial charge in [-0.2, -0.15) is 0 Å². The van der Waals surface area contributed by atoms with E-state index in [9.17, 15) is 4.79 Å². The summed E-state index contributed by atoms with van der Waals surface area (Å²) in [6.07, 6.45) is 7.54. The van der Waals surface area contributed by atoms with Crippen LogP contribution in [0.5, 0.6) is 5.75 Å². The highest BCUT2D eigenvalue weighted by atomic mass is 16.3. The van der Waals surface area contributed by atoms with E-state index in [1.54, 1.807) is 36.4 Å². The zero-order valence-corrected chi connectivity index (χ0v) is 8.13. The normalized spacial score (nSPS) is 10.9. The highest BCUT2D eigenvalue weighted by Gasteiger charge is 1.86. The molecule has 0 atom stereocenters. The van der Waals surface area contributed by atoms with Crippen molar-refractivity contribution in [1.82, 2.24) is 0 Å². The van der Waals surface area contributed by atoms with Crippen LogP contribution >= 0.6 is 0 Å². The molecule has 0 saturated heterocycles. The molecule has 0 aliphatic carbocycles. The van der Waals surface area contributed by atoms with Crippen LogP contribution in [0.2, 0.25) is 0 Å². The Morgan fingerprint density at radius 3 is 2.47 bits per heavy atom. The third kappa shape index (κ3) is 4.09. The molecule has 0 bridgehead atoms. The largest absolute Gasteiger partial charge is 0.508 e. The van der Waals surface area contributed by atoms with E-state index in [0.29, 0.717) is 0 Å². The summed E-state index contributed by atoms with van der Waals surface area (Å²) in [7, 11) is 0. The fourth-order valence-electron chi connectivity index (χ4n) is 0.958. The summed E-state index contributed by atoms with van der Waals surface area (Å²) < 4.78 is 0. The number of aromatic hydroxyl groups is 1. The number of rotatable bonds is 4. The van der Waals surface area contributed by atoms with Crippen molar-refractivity contribution in [1.29, 1.82) is 0 Å². The maximum atomic E-state index is 10.7. The number of hydrogen-bond donors (Lipinski definition) is 1. The Balaban J connectivity index is 2.58. The zero-order chi connectivity index (χ0) is 11.1. The van der Waals surface area contributed by atoms with E-state index in [1.807, 2.05) is 6.08 Å². The smallest absolute Gasteiger partial charge is 0.178 e. The van der Waals surface area contributed by atoms with Crippen LogP contribution in [0.3, 0.4) is 0 Å². The van der Waals surface area contributed by atoms with E-state index in [4.69, 9.17) is 11.7 Å². The van der Waals surface area contributed by atoms with Crippen LogP contribution in [0.1, 0.15) is 5.56 Å². The number of carbonyl (C=O) groups excluding carboxylic acids is 1. The zero-order valence-electron chi connectivity index (χ0n) is 8.13. The van der Waals surface area contributed by atoms with Crippen LogP contribution in [-0.2, 0) is 4.79 Å². The molecule has 0 fully saturated rings. The minimum Gasteiger partial charge on any atom is -0.508 e. The molecule has 1 aromatic carbocycles. The quantitative estimate of drug-likeness (QED) is 0.597. The molecule has 0 amide bonds. The van der Waals surface area contributed by atoms with Crippen LogP contribution in [0.4, 0.5) is 0 Å². The average molecular weight is 199 g/mol.